The molecule has 41 heavy (non-hydrogen) atoms. The van der Waals surface area contributed by atoms with E-state index in [0.29, 0.717) is 17.8 Å². The number of aromatic nitrogens is 2. The van der Waals surface area contributed by atoms with Gasteiger partial charge in [0.15, 0.2) is 11.5 Å². The summed E-state index contributed by atoms with van der Waals surface area (Å²) in [4.78, 5) is 10.7. The van der Waals surface area contributed by atoms with Gasteiger partial charge in [-0.2, -0.15) is 0 Å². The minimum Gasteiger partial charge on any atom is -0.493 e. The average Bonchev–Trinajstić information content (AvgIpc) is 3.42. The number of nitrogens with zero attached hydrogens (tertiary/aromatic N) is 2. The van der Waals surface area contributed by atoms with Gasteiger partial charge in [-0.05, 0) is 73.4 Å². The van der Waals surface area contributed by atoms with Crippen LogP contribution in [-0.4, -0.2) is 30.7 Å². The van der Waals surface area contributed by atoms with Gasteiger partial charge in [0.25, 0.3) is 0 Å². The summed E-state index contributed by atoms with van der Waals surface area (Å²) in [6.07, 6.45) is 5.97. The Hall–Kier alpha value is -3.16. The third-order valence-electron chi connectivity index (χ3n) is 7.27. The van der Waals surface area contributed by atoms with Gasteiger partial charge < -0.3 is 20.1 Å². The summed E-state index contributed by atoms with van der Waals surface area (Å²) in [5.41, 5.74) is 5.06. The fourth-order valence-corrected chi connectivity index (χ4v) is 5.99. The van der Waals surface area contributed by atoms with E-state index in [4.69, 9.17) is 19.4 Å². The Kier molecular flexibility index (Phi) is 10.6. The number of fused-ring (bicyclic) bond motifs is 1. The molecule has 0 spiro atoms. The molecule has 0 aliphatic carbocycles. The lowest BCUT2D eigenvalue weighted by atomic mass is 9.89. The molecule has 0 aliphatic heterocycles. The summed E-state index contributed by atoms with van der Waals surface area (Å²) in [7, 11) is 3.67. The number of aryl methyl sites for hydroxylation is 1. The van der Waals surface area contributed by atoms with Gasteiger partial charge in [0.2, 0.25) is 0 Å². The second-order valence-corrected chi connectivity index (χ2v) is 12.9. The van der Waals surface area contributed by atoms with Crippen LogP contribution >= 0.6 is 11.3 Å². The molecule has 0 saturated carbocycles. The van der Waals surface area contributed by atoms with Crippen LogP contribution in [0.2, 0.25) is 0 Å². The highest BCUT2D eigenvalue weighted by molar-refractivity contribution is 7.10. The van der Waals surface area contributed by atoms with Crippen molar-refractivity contribution in [3.8, 4) is 22.6 Å². The van der Waals surface area contributed by atoms with E-state index in [1.807, 2.05) is 26.1 Å². The van der Waals surface area contributed by atoms with Gasteiger partial charge in [-0.25, -0.2) is 9.97 Å². The van der Waals surface area contributed by atoms with Crippen molar-refractivity contribution in [3.63, 3.8) is 0 Å². The summed E-state index contributed by atoms with van der Waals surface area (Å²) in [5.74, 6) is 2.95. The highest BCUT2D eigenvalue weighted by Crippen LogP contribution is 2.37. The molecule has 0 bridgehead atoms. The average molecular weight is 575 g/mol. The van der Waals surface area contributed by atoms with E-state index in [-0.39, 0.29) is 6.04 Å². The number of hydrogen-bond donors (Lipinski definition) is 2. The van der Waals surface area contributed by atoms with Crippen molar-refractivity contribution >= 4 is 28.1 Å². The number of unbranched alkanes of at least 4 members (excludes halogenated alkanes) is 3. The standard InChI is InChI=1S/C34H46N4O2S/c1-23(32-18-26(22-41-32)27-15-11-10-14-25(27)21-35-6)36-33-28-19-30(39-7)31(20-29(28)37-24(2)38-33)40-17-13-9-8-12-16-34(3,4)5/h10-11,14-15,18-20,22-23,35H,8-9,12-13,16-17,21H2,1-7H3,(H,36,37,38)/t23-/m0/s1. The molecule has 4 aromatic rings. The highest BCUT2D eigenvalue weighted by atomic mass is 32.1. The largest absolute Gasteiger partial charge is 0.493 e. The fraction of sp³-hybridized carbons (Fsp3) is 0.471. The van der Waals surface area contributed by atoms with Crippen molar-refractivity contribution < 1.29 is 9.47 Å². The monoisotopic (exact) mass is 574 g/mol. The predicted molar refractivity (Wildman–Crippen MR) is 173 cm³/mol. The molecule has 220 valence electrons. The predicted octanol–water partition coefficient (Wildman–Crippen LogP) is 8.94. The van der Waals surface area contributed by atoms with E-state index in [0.717, 1.165) is 41.3 Å². The van der Waals surface area contributed by atoms with Gasteiger partial charge in [-0.1, -0.05) is 64.3 Å². The third-order valence-corrected chi connectivity index (χ3v) is 8.38. The first-order valence-corrected chi connectivity index (χ1v) is 15.6. The molecule has 6 nitrogen and oxygen atoms in total. The van der Waals surface area contributed by atoms with Gasteiger partial charge in [-0.15, -0.1) is 11.3 Å². The summed E-state index contributed by atoms with van der Waals surface area (Å²) in [6.45, 7) is 12.5. The third kappa shape index (κ3) is 8.43. The first-order valence-electron chi connectivity index (χ1n) is 14.8. The molecule has 2 N–H and O–H groups in total. The molecule has 7 heteroatoms. The van der Waals surface area contributed by atoms with E-state index in [2.05, 4.69) is 74.0 Å². The fourth-order valence-electron chi connectivity index (χ4n) is 5.07. The SMILES string of the molecule is CNCc1ccccc1-c1csc([C@H](C)Nc2nc(C)nc3cc(OCCCCCCC(C)(C)C)c(OC)cc23)c1. The van der Waals surface area contributed by atoms with Crippen LogP contribution in [0.15, 0.2) is 47.8 Å². The number of methoxy groups -OCH3 is 1. The Morgan fingerprint density at radius 1 is 0.976 bits per heavy atom. The van der Waals surface area contributed by atoms with Crippen molar-refractivity contribution in [1.82, 2.24) is 15.3 Å². The topological polar surface area (TPSA) is 68.3 Å². The number of thiophene rings is 1. The number of rotatable bonds is 14. The quantitative estimate of drug-likeness (QED) is 0.147. The van der Waals surface area contributed by atoms with Gasteiger partial charge in [0, 0.05) is 22.9 Å². The molecule has 0 fully saturated rings. The van der Waals surface area contributed by atoms with Crippen molar-refractivity contribution in [2.75, 3.05) is 26.1 Å². The number of benzene rings is 2. The van der Waals surface area contributed by atoms with Crippen LogP contribution in [0.3, 0.4) is 0 Å². The van der Waals surface area contributed by atoms with Gasteiger partial charge in [0.1, 0.15) is 11.6 Å². The molecular formula is C34H46N4O2S. The Labute approximate surface area is 249 Å². The maximum Gasteiger partial charge on any atom is 0.163 e. The number of ether oxygens (including phenoxy) is 2. The van der Waals surface area contributed by atoms with Crippen molar-refractivity contribution in [2.45, 2.75) is 79.3 Å². The van der Waals surface area contributed by atoms with Crippen LogP contribution < -0.4 is 20.1 Å². The van der Waals surface area contributed by atoms with Gasteiger partial charge in [-0.3, -0.25) is 0 Å². The second kappa shape index (κ2) is 14.1. The molecule has 0 aliphatic rings. The molecule has 0 unspecified atom stereocenters. The highest BCUT2D eigenvalue weighted by Gasteiger charge is 2.17. The van der Waals surface area contributed by atoms with Crippen LogP contribution in [0.5, 0.6) is 11.5 Å². The van der Waals surface area contributed by atoms with Crippen LogP contribution in [0.4, 0.5) is 5.82 Å². The molecule has 2 heterocycles. The smallest absolute Gasteiger partial charge is 0.163 e. The molecule has 4 rings (SSSR count). The Morgan fingerprint density at radius 3 is 2.51 bits per heavy atom. The van der Waals surface area contributed by atoms with Crippen LogP contribution in [0.25, 0.3) is 22.0 Å². The number of nitrogens with one attached hydrogen (secondary N) is 2. The van der Waals surface area contributed by atoms with E-state index in [1.54, 1.807) is 18.4 Å². The summed E-state index contributed by atoms with van der Waals surface area (Å²) < 4.78 is 11.9. The Balaban J connectivity index is 1.47. The van der Waals surface area contributed by atoms with Crippen molar-refractivity contribution in [2.24, 2.45) is 5.41 Å². The maximum absolute atomic E-state index is 6.18. The lowest BCUT2D eigenvalue weighted by Gasteiger charge is -2.18. The first-order chi connectivity index (χ1) is 19.7. The van der Waals surface area contributed by atoms with Crippen LogP contribution in [-0.2, 0) is 6.54 Å². The molecular weight excluding hydrogens is 528 g/mol. The Morgan fingerprint density at radius 2 is 1.76 bits per heavy atom. The lowest BCUT2D eigenvalue weighted by molar-refractivity contribution is 0.282. The first kappa shape index (κ1) is 30.8. The Bertz CT molecular complexity index is 1430. The normalized spacial score (nSPS) is 12.5. The zero-order valence-electron chi connectivity index (χ0n) is 25.8. The van der Waals surface area contributed by atoms with E-state index in [9.17, 15) is 0 Å². The molecule has 2 aromatic carbocycles. The zero-order chi connectivity index (χ0) is 29.4. The number of hydrogen-bond acceptors (Lipinski definition) is 7. The summed E-state index contributed by atoms with van der Waals surface area (Å²) in [6, 6.07) is 14.9. The zero-order valence-corrected chi connectivity index (χ0v) is 26.6. The molecule has 1 atom stereocenters. The summed E-state index contributed by atoms with van der Waals surface area (Å²) in [5, 5.41) is 10.1. The van der Waals surface area contributed by atoms with Crippen molar-refractivity contribution in [1.29, 1.82) is 0 Å². The maximum atomic E-state index is 6.18. The van der Waals surface area contributed by atoms with Gasteiger partial charge in [0.05, 0.1) is 25.3 Å². The molecule has 0 saturated heterocycles. The second-order valence-electron chi connectivity index (χ2n) is 12.0. The molecule has 0 amide bonds. The number of anilines is 1. The van der Waals surface area contributed by atoms with Gasteiger partial charge >= 0.3 is 0 Å². The van der Waals surface area contributed by atoms with Crippen LogP contribution in [0.1, 0.15) is 82.1 Å². The molecule has 0 radical (unpaired) electrons. The minimum atomic E-state index is 0.0721. The van der Waals surface area contributed by atoms with E-state index < -0.39 is 0 Å². The molecule has 2 aromatic heterocycles. The minimum absolute atomic E-state index is 0.0721. The van der Waals surface area contributed by atoms with E-state index >= 15 is 0 Å². The lowest BCUT2D eigenvalue weighted by Crippen LogP contribution is -2.09. The van der Waals surface area contributed by atoms with Crippen LogP contribution in [0, 0.1) is 12.3 Å². The summed E-state index contributed by atoms with van der Waals surface area (Å²) >= 11 is 1.76. The van der Waals surface area contributed by atoms with Crippen molar-refractivity contribution in [3.05, 3.63) is 64.1 Å². The van der Waals surface area contributed by atoms with E-state index in [1.165, 1.54) is 47.3 Å².